The molecule has 18 heavy (non-hydrogen) atoms. The van der Waals surface area contributed by atoms with Gasteiger partial charge in [-0.25, -0.2) is 0 Å². The molecule has 2 bridgehead atoms. The Morgan fingerprint density at radius 3 is 2.50 bits per heavy atom. The first kappa shape index (κ1) is 11.3. The highest BCUT2D eigenvalue weighted by molar-refractivity contribution is 5.83. The number of rotatable bonds is 1. The van der Waals surface area contributed by atoms with Crippen LogP contribution in [0.4, 0.5) is 0 Å². The Balaban J connectivity index is 1.51. The van der Waals surface area contributed by atoms with Crippen LogP contribution in [0, 0.1) is 29.6 Å². The molecule has 4 fully saturated rings. The van der Waals surface area contributed by atoms with E-state index in [2.05, 4.69) is 24.1 Å². The minimum atomic E-state index is 0.00523. The fourth-order valence-electron chi connectivity index (χ4n) is 5.23. The molecule has 3 nitrogen and oxygen atoms in total. The number of carbonyl (C=O) groups excluding carboxylic acids is 1. The van der Waals surface area contributed by atoms with Crippen LogP contribution in [0.25, 0.3) is 0 Å². The van der Waals surface area contributed by atoms with Gasteiger partial charge in [-0.15, -0.1) is 0 Å². The van der Waals surface area contributed by atoms with Crippen molar-refractivity contribution in [3.05, 3.63) is 0 Å². The third-order valence-electron chi connectivity index (χ3n) is 6.09. The van der Waals surface area contributed by atoms with Gasteiger partial charge in [-0.05, 0) is 56.8 Å². The van der Waals surface area contributed by atoms with Gasteiger partial charge in [-0.1, -0.05) is 0 Å². The molecule has 1 saturated heterocycles. The number of piperazine rings is 1. The quantitative estimate of drug-likeness (QED) is 0.762. The van der Waals surface area contributed by atoms with E-state index in [-0.39, 0.29) is 5.54 Å². The van der Waals surface area contributed by atoms with E-state index in [9.17, 15) is 4.79 Å². The zero-order chi connectivity index (χ0) is 12.5. The molecular formula is C15H24N2O. The highest BCUT2D eigenvalue weighted by Crippen LogP contribution is 2.69. The van der Waals surface area contributed by atoms with E-state index >= 15 is 0 Å². The first-order chi connectivity index (χ1) is 8.59. The summed E-state index contributed by atoms with van der Waals surface area (Å²) in [4.78, 5) is 15.0. The van der Waals surface area contributed by atoms with Crippen molar-refractivity contribution in [2.75, 3.05) is 19.6 Å². The van der Waals surface area contributed by atoms with Crippen molar-refractivity contribution >= 4 is 5.91 Å². The minimum Gasteiger partial charge on any atom is -0.335 e. The highest BCUT2D eigenvalue weighted by atomic mass is 16.2. The lowest BCUT2D eigenvalue weighted by Gasteiger charge is -2.43. The third-order valence-corrected chi connectivity index (χ3v) is 6.09. The normalized spacial score (nSPS) is 48.1. The van der Waals surface area contributed by atoms with Crippen LogP contribution in [0.3, 0.4) is 0 Å². The molecule has 4 rings (SSSR count). The summed E-state index contributed by atoms with van der Waals surface area (Å²) in [6.45, 7) is 7.20. The van der Waals surface area contributed by atoms with Crippen molar-refractivity contribution in [3.63, 3.8) is 0 Å². The molecule has 3 saturated carbocycles. The van der Waals surface area contributed by atoms with Crippen LogP contribution in [-0.4, -0.2) is 36.0 Å². The van der Waals surface area contributed by atoms with Gasteiger partial charge in [0.25, 0.3) is 0 Å². The molecule has 1 aliphatic heterocycles. The fraction of sp³-hybridized carbons (Fsp3) is 0.933. The molecule has 0 radical (unpaired) electrons. The predicted octanol–water partition coefficient (Wildman–Crippen LogP) is 1.49. The van der Waals surface area contributed by atoms with Gasteiger partial charge in [0, 0.05) is 31.1 Å². The van der Waals surface area contributed by atoms with E-state index < -0.39 is 0 Å². The Morgan fingerprint density at radius 2 is 1.89 bits per heavy atom. The lowest BCUT2D eigenvalue weighted by Crippen LogP contribution is -2.60. The van der Waals surface area contributed by atoms with E-state index in [1.807, 2.05) is 0 Å². The lowest BCUT2D eigenvalue weighted by molar-refractivity contribution is -0.140. The van der Waals surface area contributed by atoms with E-state index in [1.165, 1.54) is 19.3 Å². The van der Waals surface area contributed by atoms with Crippen LogP contribution in [-0.2, 0) is 4.79 Å². The molecule has 3 heteroatoms. The van der Waals surface area contributed by atoms with Crippen molar-refractivity contribution in [2.24, 2.45) is 29.6 Å². The number of hydrogen-bond acceptors (Lipinski definition) is 2. The second-order valence-electron chi connectivity index (χ2n) is 7.49. The third kappa shape index (κ3) is 1.37. The van der Waals surface area contributed by atoms with Crippen LogP contribution < -0.4 is 5.32 Å². The second kappa shape index (κ2) is 3.50. The molecule has 4 aliphatic rings. The number of fused-ring (bicyclic) bond motifs is 5. The number of hydrogen-bond donors (Lipinski definition) is 1. The Kier molecular flexibility index (Phi) is 2.19. The van der Waals surface area contributed by atoms with Gasteiger partial charge in [0.15, 0.2) is 0 Å². The van der Waals surface area contributed by atoms with Crippen LogP contribution >= 0.6 is 0 Å². The fourth-order valence-corrected chi connectivity index (χ4v) is 5.23. The first-order valence-corrected chi connectivity index (χ1v) is 7.62. The summed E-state index contributed by atoms with van der Waals surface area (Å²) in [5, 5.41) is 3.41. The molecule has 1 heterocycles. The SMILES string of the molecule is CC1(C)CNCCN1C(=O)C1C2C3CCC(C3)C12. The van der Waals surface area contributed by atoms with E-state index in [1.54, 1.807) is 0 Å². The smallest absolute Gasteiger partial charge is 0.226 e. The molecule has 1 N–H and O–H groups in total. The van der Waals surface area contributed by atoms with Gasteiger partial charge < -0.3 is 10.2 Å². The zero-order valence-corrected chi connectivity index (χ0v) is 11.5. The average molecular weight is 248 g/mol. The van der Waals surface area contributed by atoms with E-state index in [4.69, 9.17) is 0 Å². The van der Waals surface area contributed by atoms with Crippen molar-refractivity contribution in [3.8, 4) is 0 Å². The molecule has 0 aromatic rings. The average Bonchev–Trinajstić information content (AvgIpc) is 2.76. The Bertz CT molecular complexity index is 376. The van der Waals surface area contributed by atoms with Crippen molar-refractivity contribution in [2.45, 2.75) is 38.6 Å². The number of nitrogens with one attached hydrogen (secondary N) is 1. The van der Waals surface area contributed by atoms with Crippen LogP contribution in [0.15, 0.2) is 0 Å². The monoisotopic (exact) mass is 248 g/mol. The maximum atomic E-state index is 12.8. The molecule has 3 aliphatic carbocycles. The van der Waals surface area contributed by atoms with Crippen LogP contribution in [0.2, 0.25) is 0 Å². The van der Waals surface area contributed by atoms with Gasteiger partial charge in [0.2, 0.25) is 5.91 Å². The molecule has 1 amide bonds. The Morgan fingerprint density at radius 1 is 1.22 bits per heavy atom. The van der Waals surface area contributed by atoms with Crippen molar-refractivity contribution in [1.82, 2.24) is 10.2 Å². The van der Waals surface area contributed by atoms with Gasteiger partial charge in [0.1, 0.15) is 0 Å². The molecule has 0 aromatic heterocycles. The van der Waals surface area contributed by atoms with Crippen molar-refractivity contribution in [1.29, 1.82) is 0 Å². The Labute approximate surface area is 109 Å². The van der Waals surface area contributed by atoms with Crippen molar-refractivity contribution < 1.29 is 4.79 Å². The predicted molar refractivity (Wildman–Crippen MR) is 70.0 cm³/mol. The highest BCUT2D eigenvalue weighted by Gasteiger charge is 2.68. The van der Waals surface area contributed by atoms with Gasteiger partial charge in [-0.2, -0.15) is 0 Å². The van der Waals surface area contributed by atoms with Gasteiger partial charge >= 0.3 is 0 Å². The number of nitrogens with zero attached hydrogens (tertiary/aromatic N) is 1. The first-order valence-electron chi connectivity index (χ1n) is 7.62. The largest absolute Gasteiger partial charge is 0.335 e. The summed E-state index contributed by atoms with van der Waals surface area (Å²) in [5.74, 6) is 4.26. The van der Waals surface area contributed by atoms with Gasteiger partial charge in [0.05, 0.1) is 0 Å². The molecule has 0 aromatic carbocycles. The summed E-state index contributed by atoms with van der Waals surface area (Å²) in [5.41, 5.74) is 0.00523. The molecule has 4 atom stereocenters. The van der Waals surface area contributed by atoms with Crippen LogP contribution in [0.5, 0.6) is 0 Å². The second-order valence-corrected chi connectivity index (χ2v) is 7.49. The summed E-state index contributed by atoms with van der Waals surface area (Å²) in [7, 11) is 0. The minimum absolute atomic E-state index is 0.00523. The summed E-state index contributed by atoms with van der Waals surface area (Å²) in [6.07, 6.45) is 4.24. The Hall–Kier alpha value is -0.570. The molecule has 4 unspecified atom stereocenters. The summed E-state index contributed by atoms with van der Waals surface area (Å²) >= 11 is 0. The van der Waals surface area contributed by atoms with Gasteiger partial charge in [-0.3, -0.25) is 4.79 Å². The molecule has 0 spiro atoms. The number of amides is 1. The standard InChI is InChI=1S/C15H24N2O/c1-15(2)8-16-5-6-17(15)14(18)13-11-9-3-4-10(7-9)12(11)13/h9-13,16H,3-8H2,1-2H3. The van der Waals surface area contributed by atoms with E-state index in [0.717, 1.165) is 43.3 Å². The van der Waals surface area contributed by atoms with E-state index in [0.29, 0.717) is 11.8 Å². The summed E-state index contributed by atoms with van der Waals surface area (Å²) in [6, 6.07) is 0. The van der Waals surface area contributed by atoms with Crippen LogP contribution in [0.1, 0.15) is 33.1 Å². The topological polar surface area (TPSA) is 32.3 Å². The molecule has 100 valence electrons. The molecular weight excluding hydrogens is 224 g/mol. The summed E-state index contributed by atoms with van der Waals surface area (Å²) < 4.78 is 0. The number of carbonyl (C=O) groups is 1. The zero-order valence-electron chi connectivity index (χ0n) is 11.5. The lowest BCUT2D eigenvalue weighted by atomic mass is 9.96. The maximum Gasteiger partial charge on any atom is 0.226 e. The maximum absolute atomic E-state index is 12.8.